The largest absolute Gasteiger partial charge is 0.444 e. The van der Waals surface area contributed by atoms with E-state index in [2.05, 4.69) is 93.6 Å². The van der Waals surface area contributed by atoms with Crippen LogP contribution in [0.3, 0.4) is 0 Å². The molecule has 0 saturated heterocycles. The average Bonchev–Trinajstić information content (AvgIpc) is 2.79. The van der Waals surface area contributed by atoms with Crippen LogP contribution >= 0.6 is 0 Å². The van der Waals surface area contributed by atoms with Crippen molar-refractivity contribution in [2.45, 2.75) is 65.3 Å². The third-order valence-corrected chi connectivity index (χ3v) is 11.0. The lowest BCUT2D eigenvalue weighted by Gasteiger charge is -2.43. The van der Waals surface area contributed by atoms with Gasteiger partial charge in [-0.2, -0.15) is 0 Å². The molecule has 0 aliphatic carbocycles. The summed E-state index contributed by atoms with van der Waals surface area (Å²) in [5, 5.41) is 2.45. The molecule has 5 heteroatoms. The molecule has 1 amide bonds. The Kier molecular flexibility index (Phi) is 8.24. The lowest BCUT2D eigenvalue weighted by molar-refractivity contribution is 0.0285. The van der Waals surface area contributed by atoms with Crippen LogP contribution in [-0.2, 0) is 22.3 Å². The summed E-state index contributed by atoms with van der Waals surface area (Å²) in [6.07, 6.45) is -0.327. The second-order valence-corrected chi connectivity index (χ2v) is 15.4. The summed E-state index contributed by atoms with van der Waals surface area (Å²) in [5.74, 6) is 0. The normalized spacial score (nSPS) is 12.3. The second kappa shape index (κ2) is 10.8. The van der Waals surface area contributed by atoms with Crippen LogP contribution in [0.1, 0.15) is 52.7 Å². The Balaban J connectivity index is 1.88. The molecule has 0 spiro atoms. The lowest BCUT2D eigenvalue weighted by atomic mass is 10.1. The van der Waals surface area contributed by atoms with Crippen LogP contribution in [0.5, 0.6) is 0 Å². The van der Waals surface area contributed by atoms with Crippen molar-refractivity contribution in [1.29, 1.82) is 0 Å². The summed E-state index contributed by atoms with van der Waals surface area (Å²) in [6, 6.07) is 29.6. The minimum absolute atomic E-state index is 0.0791. The minimum Gasteiger partial charge on any atom is -0.444 e. The Labute approximate surface area is 212 Å². The molecule has 4 nitrogen and oxygen atoms in total. The van der Waals surface area contributed by atoms with E-state index in [1.165, 1.54) is 10.4 Å². The van der Waals surface area contributed by atoms with Crippen molar-refractivity contribution in [1.82, 2.24) is 4.90 Å². The van der Waals surface area contributed by atoms with Gasteiger partial charge in [-0.05, 0) is 47.3 Å². The van der Waals surface area contributed by atoms with Crippen molar-refractivity contribution in [2.75, 3.05) is 7.05 Å². The zero-order valence-corrected chi connectivity index (χ0v) is 23.2. The molecule has 0 N–H and O–H groups in total. The Morgan fingerprint density at radius 2 is 1.29 bits per heavy atom. The Morgan fingerprint density at radius 3 is 1.77 bits per heavy atom. The number of hydrogen-bond donors (Lipinski definition) is 0. The smallest absolute Gasteiger partial charge is 0.410 e. The molecule has 186 valence electrons. The minimum atomic E-state index is -2.61. The first-order valence-electron chi connectivity index (χ1n) is 12.2. The van der Waals surface area contributed by atoms with Gasteiger partial charge in [0.15, 0.2) is 0 Å². The molecule has 3 rings (SSSR count). The van der Waals surface area contributed by atoms with Gasteiger partial charge in [0.2, 0.25) is 0 Å². The van der Waals surface area contributed by atoms with Gasteiger partial charge < -0.3 is 14.1 Å². The van der Waals surface area contributed by atoms with Gasteiger partial charge in [0.1, 0.15) is 5.60 Å². The maximum atomic E-state index is 12.4. The van der Waals surface area contributed by atoms with E-state index in [-0.39, 0.29) is 11.1 Å². The average molecular weight is 490 g/mol. The third kappa shape index (κ3) is 6.62. The fourth-order valence-corrected chi connectivity index (χ4v) is 8.99. The van der Waals surface area contributed by atoms with Gasteiger partial charge in [0.05, 0.1) is 6.61 Å². The van der Waals surface area contributed by atoms with Crippen molar-refractivity contribution in [3.05, 3.63) is 96.1 Å². The molecule has 0 aliphatic heterocycles. The Bertz CT molecular complexity index is 1060. The molecule has 0 heterocycles. The maximum absolute atomic E-state index is 12.4. The third-order valence-electron chi connectivity index (χ3n) is 5.99. The highest BCUT2D eigenvalue weighted by Gasteiger charge is 2.50. The summed E-state index contributed by atoms with van der Waals surface area (Å²) in [4.78, 5) is 14.0. The highest BCUT2D eigenvalue weighted by Crippen LogP contribution is 2.37. The van der Waals surface area contributed by atoms with Crippen molar-refractivity contribution in [2.24, 2.45) is 0 Å². The van der Waals surface area contributed by atoms with Gasteiger partial charge >= 0.3 is 6.09 Å². The maximum Gasteiger partial charge on any atom is 0.410 e. The molecule has 0 aliphatic rings. The molecular formula is C30H39NO3Si. The van der Waals surface area contributed by atoms with Gasteiger partial charge in [-0.25, -0.2) is 4.79 Å². The van der Waals surface area contributed by atoms with E-state index < -0.39 is 13.9 Å². The van der Waals surface area contributed by atoms with Crippen molar-refractivity contribution in [3.63, 3.8) is 0 Å². The molecule has 0 radical (unpaired) electrons. The number of rotatable bonds is 7. The van der Waals surface area contributed by atoms with E-state index in [4.69, 9.17) is 9.16 Å². The van der Waals surface area contributed by atoms with Crippen molar-refractivity contribution >= 4 is 24.8 Å². The number of amides is 1. The van der Waals surface area contributed by atoms with Crippen LogP contribution in [0.4, 0.5) is 4.79 Å². The molecule has 3 aromatic carbocycles. The predicted molar refractivity (Wildman–Crippen MR) is 147 cm³/mol. The number of hydrogen-bond acceptors (Lipinski definition) is 3. The lowest BCUT2D eigenvalue weighted by Crippen LogP contribution is -2.66. The molecule has 0 saturated carbocycles. The predicted octanol–water partition coefficient (Wildman–Crippen LogP) is 6.13. The summed E-state index contributed by atoms with van der Waals surface area (Å²) in [5.41, 5.74) is 1.62. The summed E-state index contributed by atoms with van der Waals surface area (Å²) in [7, 11) is -0.847. The molecule has 0 atom stereocenters. The number of carbonyl (C=O) groups excluding carboxylic acids is 1. The van der Waals surface area contributed by atoms with Gasteiger partial charge in [0, 0.05) is 13.6 Å². The second-order valence-electron chi connectivity index (χ2n) is 11.1. The molecule has 35 heavy (non-hydrogen) atoms. The fraction of sp³-hybridized carbons (Fsp3) is 0.367. The highest BCUT2D eigenvalue weighted by atomic mass is 28.4. The van der Waals surface area contributed by atoms with E-state index in [0.29, 0.717) is 13.2 Å². The molecule has 3 aromatic rings. The van der Waals surface area contributed by atoms with Gasteiger partial charge in [0.25, 0.3) is 8.32 Å². The zero-order valence-electron chi connectivity index (χ0n) is 22.2. The summed E-state index contributed by atoms with van der Waals surface area (Å²) in [6.45, 7) is 13.5. The van der Waals surface area contributed by atoms with Crippen LogP contribution in [0.2, 0.25) is 5.04 Å². The summed E-state index contributed by atoms with van der Waals surface area (Å²) < 4.78 is 12.6. The van der Waals surface area contributed by atoms with Crippen LogP contribution in [-0.4, -0.2) is 32.0 Å². The molecule has 0 unspecified atom stereocenters. The monoisotopic (exact) mass is 489 g/mol. The van der Waals surface area contributed by atoms with Crippen LogP contribution < -0.4 is 10.4 Å². The first kappa shape index (κ1) is 26.7. The first-order chi connectivity index (χ1) is 16.4. The number of nitrogens with zero attached hydrogens (tertiary/aromatic N) is 1. The van der Waals surface area contributed by atoms with Crippen LogP contribution in [0, 0.1) is 0 Å². The fourth-order valence-electron chi connectivity index (χ4n) is 4.45. The topological polar surface area (TPSA) is 38.8 Å². The van der Waals surface area contributed by atoms with E-state index in [0.717, 1.165) is 11.1 Å². The quantitative estimate of drug-likeness (QED) is 0.375. The van der Waals surface area contributed by atoms with Gasteiger partial charge in [-0.3, -0.25) is 0 Å². The Hall–Kier alpha value is -2.89. The number of ether oxygens (including phenoxy) is 1. The van der Waals surface area contributed by atoms with Crippen molar-refractivity contribution < 1.29 is 14.0 Å². The summed E-state index contributed by atoms with van der Waals surface area (Å²) >= 11 is 0. The highest BCUT2D eigenvalue weighted by molar-refractivity contribution is 6.99. The van der Waals surface area contributed by atoms with Crippen molar-refractivity contribution in [3.8, 4) is 0 Å². The van der Waals surface area contributed by atoms with E-state index in [9.17, 15) is 4.79 Å². The first-order valence-corrected chi connectivity index (χ1v) is 14.1. The molecule has 0 fully saturated rings. The SMILES string of the molecule is CN(Cc1cccc(CO[Si](c2ccccc2)(c2ccccc2)C(C)(C)C)c1)C(=O)OC(C)(C)C. The standard InChI is InChI=1S/C30H39NO3Si/c1-29(2,3)34-28(32)31(7)22-24-15-14-16-25(21-24)23-33-35(30(4,5)6,26-17-10-8-11-18-26)27-19-12-9-13-20-27/h8-21H,22-23H2,1-7H3. The number of carbonyl (C=O) groups is 1. The van der Waals surface area contributed by atoms with Gasteiger partial charge in [-0.1, -0.05) is 106 Å². The zero-order chi connectivity index (χ0) is 25.7. The molecular weight excluding hydrogens is 450 g/mol. The van der Waals surface area contributed by atoms with E-state index in [1.807, 2.05) is 32.9 Å². The molecule has 0 bridgehead atoms. The van der Waals surface area contributed by atoms with E-state index in [1.54, 1.807) is 11.9 Å². The van der Waals surface area contributed by atoms with Crippen LogP contribution in [0.15, 0.2) is 84.9 Å². The van der Waals surface area contributed by atoms with Crippen LogP contribution in [0.25, 0.3) is 0 Å². The Morgan fingerprint density at radius 1 is 0.771 bits per heavy atom. The number of benzene rings is 3. The van der Waals surface area contributed by atoms with E-state index >= 15 is 0 Å². The molecule has 0 aromatic heterocycles. The van der Waals surface area contributed by atoms with Gasteiger partial charge in [-0.15, -0.1) is 0 Å².